The summed E-state index contributed by atoms with van der Waals surface area (Å²) in [7, 11) is -2.27. The van der Waals surface area contributed by atoms with Crippen molar-refractivity contribution in [3.8, 4) is 0 Å². The van der Waals surface area contributed by atoms with Crippen molar-refractivity contribution >= 4 is 50.7 Å². The third kappa shape index (κ3) is 6.53. The van der Waals surface area contributed by atoms with Crippen LogP contribution in [-0.4, -0.2) is 66.5 Å². The Kier molecular flexibility index (Phi) is 9.31. The molecule has 2 N–H and O–H groups in total. The van der Waals surface area contributed by atoms with Crippen molar-refractivity contribution in [3.05, 3.63) is 62.5 Å². The number of hydrogen-bond donors (Lipinski definition) is 2. The number of allylic oxidation sites excluding steroid dienone is 1. The highest BCUT2D eigenvalue weighted by atomic mass is 35.5. The molecule has 0 radical (unpaired) electrons. The molecule has 1 aromatic heterocycles. The van der Waals surface area contributed by atoms with Gasteiger partial charge >= 0.3 is 11.9 Å². The number of aromatic nitrogens is 1. The highest BCUT2D eigenvalue weighted by molar-refractivity contribution is 7.89. The van der Waals surface area contributed by atoms with Gasteiger partial charge in [-0.1, -0.05) is 17.7 Å². The molecule has 5 rings (SSSR count). The summed E-state index contributed by atoms with van der Waals surface area (Å²) in [6.07, 6.45) is 4.69. The number of carboxylic acids is 1. The number of carbonyl (C=O) groups is 2. The van der Waals surface area contributed by atoms with Crippen molar-refractivity contribution in [3.63, 3.8) is 0 Å². The summed E-state index contributed by atoms with van der Waals surface area (Å²) in [5, 5.41) is 15.0. The van der Waals surface area contributed by atoms with Crippen LogP contribution in [-0.2, 0) is 24.3 Å². The number of hydrogen-bond acceptors (Lipinski definition) is 9. The van der Waals surface area contributed by atoms with E-state index in [1.54, 1.807) is 11.6 Å². The van der Waals surface area contributed by atoms with Crippen LogP contribution in [0, 0.1) is 23.6 Å². The van der Waals surface area contributed by atoms with E-state index in [1.807, 2.05) is 0 Å². The SMILES string of the molecule is COC(=O)C1=C(C2CCN(S(=O)(=O)C[C@H]3CC[C@H](C(=O)O)CC3)CC2)NC(c2nccs2)=NC1c1ccc(F)cc1Cl. The molecule has 226 valence electrons. The fourth-order valence-corrected chi connectivity index (χ4v) is 8.79. The van der Waals surface area contributed by atoms with Gasteiger partial charge < -0.3 is 15.2 Å². The normalized spacial score (nSPS) is 24.2. The van der Waals surface area contributed by atoms with Gasteiger partial charge in [0.1, 0.15) is 11.9 Å². The van der Waals surface area contributed by atoms with E-state index in [2.05, 4.69) is 10.3 Å². The number of benzene rings is 1. The van der Waals surface area contributed by atoms with E-state index in [1.165, 1.54) is 41.0 Å². The van der Waals surface area contributed by atoms with E-state index in [9.17, 15) is 27.5 Å². The largest absolute Gasteiger partial charge is 0.481 e. The van der Waals surface area contributed by atoms with Crippen LogP contribution in [0.5, 0.6) is 0 Å². The number of sulfonamides is 1. The minimum Gasteiger partial charge on any atom is -0.481 e. The number of thiazole rings is 1. The Morgan fingerprint density at radius 1 is 1.19 bits per heavy atom. The van der Waals surface area contributed by atoms with Crippen molar-refractivity contribution in [1.29, 1.82) is 0 Å². The van der Waals surface area contributed by atoms with E-state index in [4.69, 9.17) is 21.3 Å². The van der Waals surface area contributed by atoms with Gasteiger partial charge in [0.15, 0.2) is 10.8 Å². The number of rotatable bonds is 8. The Labute approximate surface area is 252 Å². The van der Waals surface area contributed by atoms with Crippen molar-refractivity contribution < 1.29 is 32.2 Å². The molecule has 14 heteroatoms. The molecule has 3 aliphatic rings. The molecule has 1 saturated carbocycles. The Balaban J connectivity index is 1.39. The molecule has 1 unspecified atom stereocenters. The lowest BCUT2D eigenvalue weighted by molar-refractivity contribution is -0.143. The molecule has 2 fully saturated rings. The third-order valence-corrected chi connectivity index (χ3v) is 11.4. The predicted octanol–water partition coefficient (Wildman–Crippen LogP) is 4.39. The van der Waals surface area contributed by atoms with E-state index < -0.39 is 39.7 Å². The Morgan fingerprint density at radius 3 is 2.50 bits per heavy atom. The standard InChI is InChI=1S/C28H32ClFN4O6S2/c1-40-28(37)22-23(32-25(26-31-10-13-41-26)33-24(22)20-7-6-19(30)14-21(20)29)17-8-11-34(12-9-17)42(38,39)15-16-2-4-18(5-3-16)27(35)36/h6-7,10,13-14,16-18,24H,2-5,8-9,11-12,15H2,1H3,(H,32,33)(H,35,36)/t16-,18-,24?. The van der Waals surface area contributed by atoms with E-state index in [0.717, 1.165) is 0 Å². The lowest BCUT2D eigenvalue weighted by atomic mass is 9.83. The van der Waals surface area contributed by atoms with Crippen LogP contribution in [0.3, 0.4) is 0 Å². The maximum Gasteiger partial charge on any atom is 0.338 e. The van der Waals surface area contributed by atoms with Crippen LogP contribution < -0.4 is 5.32 Å². The van der Waals surface area contributed by atoms with Gasteiger partial charge in [-0.15, -0.1) is 11.3 Å². The van der Waals surface area contributed by atoms with E-state index in [-0.39, 0.29) is 41.3 Å². The molecule has 2 aliphatic heterocycles. The summed E-state index contributed by atoms with van der Waals surface area (Å²) in [6.45, 7) is 0.533. The molecule has 10 nitrogen and oxygen atoms in total. The van der Waals surface area contributed by atoms with E-state index in [0.29, 0.717) is 60.6 Å². The molecule has 1 aromatic carbocycles. The quantitative estimate of drug-likeness (QED) is 0.406. The summed E-state index contributed by atoms with van der Waals surface area (Å²) < 4.78 is 47.2. The van der Waals surface area contributed by atoms with Crippen LogP contribution in [0.1, 0.15) is 55.1 Å². The summed E-state index contributed by atoms with van der Waals surface area (Å²) in [5.74, 6) is -2.19. The topological polar surface area (TPSA) is 138 Å². The lowest BCUT2D eigenvalue weighted by Crippen LogP contribution is -2.44. The van der Waals surface area contributed by atoms with E-state index >= 15 is 0 Å². The van der Waals surface area contributed by atoms with Gasteiger partial charge in [-0.3, -0.25) is 9.79 Å². The fourth-order valence-electron chi connectivity index (χ4n) is 6.02. The second kappa shape index (κ2) is 12.8. The van der Waals surface area contributed by atoms with Crippen LogP contribution in [0.25, 0.3) is 0 Å². The zero-order chi connectivity index (χ0) is 30.0. The smallest absolute Gasteiger partial charge is 0.338 e. The Hall–Kier alpha value is -2.87. The highest BCUT2D eigenvalue weighted by Crippen LogP contribution is 2.40. The number of esters is 1. The molecule has 1 aliphatic carbocycles. The van der Waals surface area contributed by atoms with Gasteiger partial charge in [0.25, 0.3) is 0 Å². The number of amidine groups is 1. The van der Waals surface area contributed by atoms with Crippen molar-refractivity contribution in [2.45, 2.75) is 44.6 Å². The molecule has 0 amide bonds. The van der Waals surface area contributed by atoms with Crippen molar-refractivity contribution in [2.24, 2.45) is 22.7 Å². The Bertz CT molecular complexity index is 1500. The van der Waals surface area contributed by atoms with Gasteiger partial charge in [-0.05, 0) is 56.6 Å². The van der Waals surface area contributed by atoms with Gasteiger partial charge in [0, 0.05) is 46.9 Å². The van der Waals surface area contributed by atoms with Crippen molar-refractivity contribution in [2.75, 3.05) is 26.0 Å². The minimum atomic E-state index is -3.55. The maximum absolute atomic E-state index is 13.9. The molecule has 3 heterocycles. The number of aliphatic carboxylic acids is 1. The first-order valence-electron chi connectivity index (χ1n) is 13.8. The summed E-state index contributed by atoms with van der Waals surface area (Å²) >= 11 is 7.80. The predicted molar refractivity (Wildman–Crippen MR) is 156 cm³/mol. The van der Waals surface area contributed by atoms with Gasteiger partial charge in [-0.2, -0.15) is 0 Å². The zero-order valence-electron chi connectivity index (χ0n) is 23.0. The molecule has 0 spiro atoms. The minimum absolute atomic E-state index is 0.00432. The second-order valence-corrected chi connectivity index (χ2v) is 14.2. The van der Waals surface area contributed by atoms with Gasteiger partial charge in [-0.25, -0.2) is 26.9 Å². The number of aliphatic imine (C=N–C) groups is 1. The average Bonchev–Trinajstić information content (AvgIpc) is 3.52. The second-order valence-electron chi connectivity index (χ2n) is 10.8. The monoisotopic (exact) mass is 638 g/mol. The first kappa shape index (κ1) is 30.6. The first-order valence-corrected chi connectivity index (χ1v) is 16.7. The zero-order valence-corrected chi connectivity index (χ0v) is 25.4. The maximum atomic E-state index is 13.9. The van der Waals surface area contributed by atoms with Gasteiger partial charge in [0.05, 0.1) is 24.4 Å². The highest BCUT2D eigenvalue weighted by Gasteiger charge is 2.39. The number of carbonyl (C=O) groups excluding carboxylic acids is 1. The van der Waals surface area contributed by atoms with Crippen LogP contribution in [0.4, 0.5) is 4.39 Å². The number of nitrogens with zero attached hydrogens (tertiary/aromatic N) is 3. The number of carboxylic acid groups (broad SMARTS) is 1. The van der Waals surface area contributed by atoms with Crippen LogP contribution >= 0.6 is 22.9 Å². The third-order valence-electron chi connectivity index (χ3n) is 8.27. The number of piperidine rings is 1. The Morgan fingerprint density at radius 2 is 1.90 bits per heavy atom. The summed E-state index contributed by atoms with van der Waals surface area (Å²) in [4.78, 5) is 33.6. The number of halogens is 2. The number of methoxy groups -OCH3 is 1. The molecule has 1 atom stereocenters. The van der Waals surface area contributed by atoms with Crippen LogP contribution in [0.15, 0.2) is 46.0 Å². The molecular weight excluding hydrogens is 607 g/mol. The summed E-state index contributed by atoms with van der Waals surface area (Å²) in [6, 6.07) is 3.04. The number of nitrogens with one attached hydrogen (secondary N) is 1. The van der Waals surface area contributed by atoms with Crippen LogP contribution in [0.2, 0.25) is 5.02 Å². The fraction of sp³-hybridized carbons (Fsp3) is 0.500. The lowest BCUT2D eigenvalue weighted by Gasteiger charge is -2.37. The first-order chi connectivity index (χ1) is 20.1. The number of ether oxygens (including phenoxy) is 1. The van der Waals surface area contributed by atoms with Crippen molar-refractivity contribution in [1.82, 2.24) is 14.6 Å². The molecule has 0 bridgehead atoms. The molecule has 1 saturated heterocycles. The summed E-state index contributed by atoms with van der Waals surface area (Å²) in [5.41, 5.74) is 1.24. The molecular formula is C28H32ClFN4O6S2. The van der Waals surface area contributed by atoms with Gasteiger partial charge in [0.2, 0.25) is 10.0 Å². The molecule has 2 aromatic rings. The molecule has 42 heavy (non-hydrogen) atoms. The average molecular weight is 639 g/mol.